The van der Waals surface area contributed by atoms with Crippen molar-refractivity contribution in [3.05, 3.63) is 0 Å². The van der Waals surface area contributed by atoms with Crippen molar-refractivity contribution >= 4 is 5.78 Å². The zero-order chi connectivity index (χ0) is 9.64. The minimum absolute atomic E-state index is 0.0382. The van der Waals surface area contributed by atoms with Crippen LogP contribution < -0.4 is 0 Å². The number of rotatable bonds is 0. The van der Waals surface area contributed by atoms with Gasteiger partial charge in [-0.1, -0.05) is 13.8 Å². The molecule has 0 unspecified atom stereocenters. The summed E-state index contributed by atoms with van der Waals surface area (Å²) >= 11 is 0. The summed E-state index contributed by atoms with van der Waals surface area (Å²) in [6.45, 7) is 4.36. The first kappa shape index (κ1) is 9.20. The van der Waals surface area contributed by atoms with Gasteiger partial charge in [-0.2, -0.15) is 0 Å². The quantitative estimate of drug-likeness (QED) is 0.620. The van der Waals surface area contributed by atoms with E-state index in [0.717, 1.165) is 19.3 Å². The van der Waals surface area contributed by atoms with Crippen molar-refractivity contribution in [2.24, 2.45) is 17.3 Å². The molecule has 0 aromatic heterocycles. The molecule has 74 valence electrons. The molecule has 0 radical (unpaired) electrons. The number of aliphatic hydroxyl groups excluding tert-OH is 1. The van der Waals surface area contributed by atoms with Crippen LogP contribution in [-0.4, -0.2) is 17.0 Å². The Bertz CT molecular complexity index is 232. The predicted molar refractivity (Wildman–Crippen MR) is 50.2 cm³/mol. The molecule has 0 aromatic carbocycles. The lowest BCUT2D eigenvalue weighted by Crippen LogP contribution is -2.34. The monoisotopic (exact) mass is 182 g/mol. The molecule has 13 heavy (non-hydrogen) atoms. The van der Waals surface area contributed by atoms with Crippen molar-refractivity contribution in [2.45, 2.75) is 45.6 Å². The van der Waals surface area contributed by atoms with E-state index in [0.29, 0.717) is 18.1 Å². The molecule has 0 heterocycles. The highest BCUT2D eigenvalue weighted by Gasteiger charge is 2.51. The minimum atomic E-state index is -0.368. The summed E-state index contributed by atoms with van der Waals surface area (Å²) in [5.41, 5.74) is 0.167. The van der Waals surface area contributed by atoms with E-state index < -0.39 is 0 Å². The second kappa shape index (κ2) is 2.81. The van der Waals surface area contributed by atoms with Crippen LogP contribution >= 0.6 is 0 Å². The lowest BCUT2D eigenvalue weighted by Gasteiger charge is -2.33. The Morgan fingerprint density at radius 2 is 2.15 bits per heavy atom. The van der Waals surface area contributed by atoms with Crippen LogP contribution in [0.5, 0.6) is 0 Å². The number of hydrogen-bond donors (Lipinski definition) is 1. The molecule has 2 rings (SSSR count). The van der Waals surface area contributed by atoms with Gasteiger partial charge in [0.1, 0.15) is 5.78 Å². The summed E-state index contributed by atoms with van der Waals surface area (Å²) in [5, 5.41) is 9.81. The van der Waals surface area contributed by atoms with Crippen LogP contribution in [-0.2, 0) is 4.79 Å². The Kier molecular flexibility index (Phi) is 1.99. The molecule has 0 spiro atoms. The van der Waals surface area contributed by atoms with Crippen LogP contribution in [0.1, 0.15) is 39.5 Å². The van der Waals surface area contributed by atoms with E-state index in [1.54, 1.807) is 0 Å². The van der Waals surface area contributed by atoms with Gasteiger partial charge in [0.25, 0.3) is 0 Å². The summed E-state index contributed by atoms with van der Waals surface area (Å²) in [6.07, 6.45) is 3.27. The largest absolute Gasteiger partial charge is 0.392 e. The molecular formula is C11H18O2. The molecule has 0 bridgehead atoms. The summed E-state index contributed by atoms with van der Waals surface area (Å²) in [7, 11) is 0. The van der Waals surface area contributed by atoms with E-state index in [9.17, 15) is 9.90 Å². The smallest absolute Gasteiger partial charge is 0.138 e. The number of carbonyl (C=O) groups excluding carboxylic acids is 1. The van der Waals surface area contributed by atoms with Crippen molar-refractivity contribution in [2.75, 3.05) is 0 Å². The summed E-state index contributed by atoms with van der Waals surface area (Å²) in [5.74, 6) is 0.696. The Morgan fingerprint density at radius 3 is 2.77 bits per heavy atom. The van der Waals surface area contributed by atoms with Crippen LogP contribution in [0, 0.1) is 17.3 Å². The van der Waals surface area contributed by atoms with Crippen LogP contribution in [0.3, 0.4) is 0 Å². The van der Waals surface area contributed by atoms with Gasteiger partial charge in [0.05, 0.1) is 6.10 Å². The summed E-state index contributed by atoms with van der Waals surface area (Å²) in [4.78, 5) is 11.6. The third-order valence-electron chi connectivity index (χ3n) is 3.90. The number of Topliss-reactive ketones (excluding diaryl/α,β-unsaturated/α-hetero) is 1. The van der Waals surface area contributed by atoms with Crippen LogP contribution in [0.15, 0.2) is 0 Å². The van der Waals surface area contributed by atoms with Crippen LogP contribution in [0.4, 0.5) is 0 Å². The maximum absolute atomic E-state index is 11.6. The van der Waals surface area contributed by atoms with Gasteiger partial charge in [0, 0.05) is 12.3 Å². The number of aliphatic hydroxyl groups is 1. The number of ketones is 1. The predicted octanol–water partition coefficient (Wildman–Crippen LogP) is 1.76. The van der Waals surface area contributed by atoms with Gasteiger partial charge in [0.2, 0.25) is 0 Å². The van der Waals surface area contributed by atoms with Gasteiger partial charge >= 0.3 is 0 Å². The van der Waals surface area contributed by atoms with Gasteiger partial charge in [-0.05, 0) is 30.6 Å². The second-order valence-corrected chi connectivity index (χ2v) is 5.25. The first-order valence-corrected chi connectivity index (χ1v) is 5.23. The lowest BCUT2D eigenvalue weighted by atomic mass is 9.71. The van der Waals surface area contributed by atoms with E-state index >= 15 is 0 Å². The fraction of sp³-hybridized carbons (Fsp3) is 0.909. The van der Waals surface area contributed by atoms with Crippen LogP contribution in [0.25, 0.3) is 0 Å². The first-order chi connectivity index (χ1) is 6.02. The first-order valence-electron chi connectivity index (χ1n) is 5.23. The number of carbonyl (C=O) groups is 1. The highest BCUT2D eigenvalue weighted by atomic mass is 16.3. The fourth-order valence-corrected chi connectivity index (χ4v) is 3.24. The molecule has 2 fully saturated rings. The van der Waals surface area contributed by atoms with Gasteiger partial charge in [-0.3, -0.25) is 4.79 Å². The Hall–Kier alpha value is -0.370. The van der Waals surface area contributed by atoms with Crippen molar-refractivity contribution in [3.8, 4) is 0 Å². The molecule has 2 saturated carbocycles. The zero-order valence-electron chi connectivity index (χ0n) is 8.42. The van der Waals surface area contributed by atoms with Crippen LogP contribution in [0.2, 0.25) is 0 Å². The maximum atomic E-state index is 11.6. The molecule has 0 amide bonds. The minimum Gasteiger partial charge on any atom is -0.392 e. The Balaban J connectivity index is 2.26. The number of fused-ring (bicyclic) bond motifs is 1. The third kappa shape index (κ3) is 1.32. The van der Waals surface area contributed by atoms with Gasteiger partial charge in [-0.25, -0.2) is 0 Å². The van der Waals surface area contributed by atoms with Crippen molar-refractivity contribution < 1.29 is 9.90 Å². The fourth-order valence-electron chi connectivity index (χ4n) is 3.24. The molecule has 2 nitrogen and oxygen atoms in total. The standard InChI is InChI=1S/C11H18O2/c1-11(2)6-9(13)10-7(11)4-3-5-8(10)12/h7,9-10,13H,3-6H2,1-2H3/t7-,9-,10+/m0/s1. The molecule has 2 aliphatic carbocycles. The van der Waals surface area contributed by atoms with E-state index in [2.05, 4.69) is 13.8 Å². The normalized spacial score (nSPS) is 43.3. The Labute approximate surface area is 79.3 Å². The molecular weight excluding hydrogens is 164 g/mol. The van der Waals surface area contributed by atoms with Gasteiger partial charge in [0.15, 0.2) is 0 Å². The van der Waals surface area contributed by atoms with Gasteiger partial charge in [-0.15, -0.1) is 0 Å². The lowest BCUT2D eigenvalue weighted by molar-refractivity contribution is -0.129. The molecule has 2 aliphatic rings. The zero-order valence-corrected chi connectivity index (χ0v) is 8.42. The van der Waals surface area contributed by atoms with Crippen molar-refractivity contribution in [1.29, 1.82) is 0 Å². The third-order valence-corrected chi connectivity index (χ3v) is 3.90. The number of hydrogen-bond acceptors (Lipinski definition) is 2. The molecule has 3 atom stereocenters. The van der Waals surface area contributed by atoms with Gasteiger partial charge < -0.3 is 5.11 Å². The van der Waals surface area contributed by atoms with E-state index in [1.807, 2.05) is 0 Å². The summed E-state index contributed by atoms with van der Waals surface area (Å²) < 4.78 is 0. The Morgan fingerprint density at radius 1 is 1.46 bits per heavy atom. The average Bonchev–Trinajstić information content (AvgIpc) is 2.24. The van der Waals surface area contributed by atoms with E-state index in [1.165, 1.54) is 0 Å². The van der Waals surface area contributed by atoms with E-state index in [4.69, 9.17) is 0 Å². The molecule has 2 heteroatoms. The van der Waals surface area contributed by atoms with E-state index in [-0.39, 0.29) is 17.4 Å². The SMILES string of the molecule is CC1(C)C[C@H](O)[C@H]2C(=O)CCC[C@@H]21. The maximum Gasteiger partial charge on any atom is 0.138 e. The molecule has 0 aliphatic heterocycles. The highest BCUT2D eigenvalue weighted by molar-refractivity contribution is 5.83. The highest BCUT2D eigenvalue weighted by Crippen LogP contribution is 2.51. The van der Waals surface area contributed by atoms with Crippen molar-refractivity contribution in [3.63, 3.8) is 0 Å². The average molecular weight is 182 g/mol. The van der Waals surface area contributed by atoms with Crippen molar-refractivity contribution in [1.82, 2.24) is 0 Å². The second-order valence-electron chi connectivity index (χ2n) is 5.25. The topological polar surface area (TPSA) is 37.3 Å². The summed E-state index contributed by atoms with van der Waals surface area (Å²) in [6, 6.07) is 0. The molecule has 0 aromatic rings. The molecule has 0 saturated heterocycles. The molecule has 1 N–H and O–H groups in total.